The number of rotatable bonds is 6. The molecule has 2 aromatic rings. The van der Waals surface area contributed by atoms with Crippen molar-refractivity contribution < 1.29 is 22.1 Å². The molecule has 1 aliphatic heterocycles. The molecular formula is C19H23NO5S. The van der Waals surface area contributed by atoms with Crippen molar-refractivity contribution in [3.63, 3.8) is 0 Å². The highest BCUT2D eigenvalue weighted by Gasteiger charge is 2.22. The van der Waals surface area contributed by atoms with Crippen LogP contribution < -0.4 is 8.92 Å². The zero-order valence-corrected chi connectivity index (χ0v) is 15.7. The molecule has 1 atom stereocenters. The summed E-state index contributed by atoms with van der Waals surface area (Å²) in [5.74, 6) is 1.16. The number of benzene rings is 2. The minimum atomic E-state index is -3.51. The number of morpholine rings is 1. The minimum Gasteiger partial charge on any atom is -0.497 e. The first-order valence-corrected chi connectivity index (χ1v) is 10.2. The van der Waals surface area contributed by atoms with E-state index in [4.69, 9.17) is 13.7 Å². The van der Waals surface area contributed by atoms with Crippen molar-refractivity contribution in [2.75, 3.05) is 33.1 Å². The van der Waals surface area contributed by atoms with Crippen molar-refractivity contribution in [3.8, 4) is 11.5 Å². The molecule has 1 aliphatic rings. The predicted molar refractivity (Wildman–Crippen MR) is 98.9 cm³/mol. The van der Waals surface area contributed by atoms with Crippen molar-refractivity contribution in [3.05, 3.63) is 59.7 Å². The Morgan fingerprint density at radius 1 is 1.08 bits per heavy atom. The lowest BCUT2D eigenvalue weighted by Gasteiger charge is -2.33. The van der Waals surface area contributed by atoms with E-state index in [-0.39, 0.29) is 6.10 Å². The van der Waals surface area contributed by atoms with Crippen molar-refractivity contribution in [2.45, 2.75) is 12.6 Å². The number of hydrogen-bond acceptors (Lipinski definition) is 6. The summed E-state index contributed by atoms with van der Waals surface area (Å²) in [5.41, 5.74) is 2.23. The quantitative estimate of drug-likeness (QED) is 0.721. The second kappa shape index (κ2) is 8.07. The zero-order chi connectivity index (χ0) is 18.6. The molecule has 0 bridgehead atoms. The van der Waals surface area contributed by atoms with E-state index in [0.717, 1.165) is 37.2 Å². The highest BCUT2D eigenvalue weighted by atomic mass is 32.2. The summed E-state index contributed by atoms with van der Waals surface area (Å²) in [6.07, 6.45) is 0.983. The summed E-state index contributed by atoms with van der Waals surface area (Å²) in [4.78, 5) is 2.34. The van der Waals surface area contributed by atoms with Crippen LogP contribution in [0.25, 0.3) is 0 Å². The van der Waals surface area contributed by atoms with Crippen molar-refractivity contribution in [1.29, 1.82) is 0 Å². The molecule has 0 unspecified atom stereocenters. The van der Waals surface area contributed by atoms with Gasteiger partial charge < -0.3 is 13.7 Å². The maximum Gasteiger partial charge on any atom is 0.306 e. The molecule has 6 nitrogen and oxygen atoms in total. The van der Waals surface area contributed by atoms with Crippen molar-refractivity contribution in [2.24, 2.45) is 0 Å². The first kappa shape index (κ1) is 18.7. The van der Waals surface area contributed by atoms with Gasteiger partial charge in [-0.15, -0.1) is 0 Å². The molecule has 0 N–H and O–H groups in total. The molecule has 1 heterocycles. The first-order chi connectivity index (χ1) is 12.4. The monoisotopic (exact) mass is 377 g/mol. The number of ether oxygens (including phenoxy) is 2. The van der Waals surface area contributed by atoms with Gasteiger partial charge in [0.05, 0.1) is 26.1 Å². The van der Waals surface area contributed by atoms with Gasteiger partial charge in [-0.05, 0) is 35.4 Å². The molecular weight excluding hydrogens is 354 g/mol. The third kappa shape index (κ3) is 5.20. The molecule has 0 aromatic heterocycles. The molecule has 0 spiro atoms. The van der Waals surface area contributed by atoms with Gasteiger partial charge in [-0.1, -0.05) is 24.3 Å². The Labute approximate surface area is 154 Å². The Bertz CT molecular complexity index is 818. The summed E-state index contributed by atoms with van der Waals surface area (Å²) < 4.78 is 38.3. The van der Waals surface area contributed by atoms with Gasteiger partial charge in [-0.2, -0.15) is 8.42 Å². The largest absolute Gasteiger partial charge is 0.497 e. The smallest absolute Gasteiger partial charge is 0.306 e. The average Bonchev–Trinajstić information content (AvgIpc) is 2.62. The van der Waals surface area contributed by atoms with Crippen LogP contribution in [0.5, 0.6) is 11.5 Å². The Morgan fingerprint density at radius 3 is 2.35 bits per heavy atom. The van der Waals surface area contributed by atoms with E-state index in [9.17, 15) is 8.42 Å². The Balaban J connectivity index is 1.62. The maximum absolute atomic E-state index is 11.2. The SMILES string of the molecule is COc1ccc(CN2CCO[C@@H](c3ccc(OS(C)(=O)=O)cc3)C2)cc1. The maximum atomic E-state index is 11.2. The lowest BCUT2D eigenvalue weighted by Crippen LogP contribution is -2.37. The van der Waals surface area contributed by atoms with Gasteiger partial charge in [-0.3, -0.25) is 4.90 Å². The Kier molecular flexibility index (Phi) is 5.80. The second-order valence-corrected chi connectivity index (χ2v) is 7.87. The lowest BCUT2D eigenvalue weighted by atomic mass is 10.1. The fraction of sp³-hybridized carbons (Fsp3) is 0.368. The minimum absolute atomic E-state index is 0.0470. The van der Waals surface area contributed by atoms with Crippen LogP contribution in [-0.4, -0.2) is 46.4 Å². The van der Waals surface area contributed by atoms with E-state index < -0.39 is 10.1 Å². The van der Waals surface area contributed by atoms with Crippen LogP contribution in [0.1, 0.15) is 17.2 Å². The fourth-order valence-electron chi connectivity index (χ4n) is 2.95. The Hall–Kier alpha value is -2.09. The average molecular weight is 377 g/mol. The van der Waals surface area contributed by atoms with E-state index in [0.29, 0.717) is 12.4 Å². The summed E-state index contributed by atoms with van der Waals surface area (Å²) >= 11 is 0. The molecule has 0 amide bonds. The third-order valence-corrected chi connectivity index (χ3v) is 4.71. The summed E-state index contributed by atoms with van der Waals surface area (Å²) in [6, 6.07) is 15.1. The van der Waals surface area contributed by atoms with Gasteiger partial charge in [0, 0.05) is 19.6 Å². The summed E-state index contributed by atoms with van der Waals surface area (Å²) in [6.45, 7) is 3.15. The molecule has 1 saturated heterocycles. The van der Waals surface area contributed by atoms with Crippen LogP contribution in [0.2, 0.25) is 0 Å². The Morgan fingerprint density at radius 2 is 1.73 bits per heavy atom. The molecule has 2 aromatic carbocycles. The molecule has 0 aliphatic carbocycles. The van der Waals surface area contributed by atoms with Crippen LogP contribution in [0.4, 0.5) is 0 Å². The molecule has 140 valence electrons. The van der Waals surface area contributed by atoms with E-state index in [1.54, 1.807) is 19.2 Å². The number of methoxy groups -OCH3 is 1. The van der Waals surface area contributed by atoms with Crippen molar-refractivity contribution in [1.82, 2.24) is 4.90 Å². The van der Waals surface area contributed by atoms with Gasteiger partial charge >= 0.3 is 10.1 Å². The van der Waals surface area contributed by atoms with Crippen LogP contribution in [0.3, 0.4) is 0 Å². The van der Waals surface area contributed by atoms with Gasteiger partial charge in [0.15, 0.2) is 0 Å². The molecule has 0 radical (unpaired) electrons. The van der Waals surface area contributed by atoms with Gasteiger partial charge in [0.1, 0.15) is 11.5 Å². The highest BCUT2D eigenvalue weighted by Crippen LogP contribution is 2.26. The second-order valence-electron chi connectivity index (χ2n) is 6.30. The normalized spacial score (nSPS) is 18.5. The van der Waals surface area contributed by atoms with E-state index in [1.807, 2.05) is 24.3 Å². The molecule has 7 heteroatoms. The zero-order valence-electron chi connectivity index (χ0n) is 14.9. The molecule has 26 heavy (non-hydrogen) atoms. The topological polar surface area (TPSA) is 65.1 Å². The first-order valence-electron chi connectivity index (χ1n) is 8.39. The van der Waals surface area contributed by atoms with Gasteiger partial charge in [0.25, 0.3) is 0 Å². The predicted octanol–water partition coefficient (Wildman–Crippen LogP) is 2.61. The van der Waals surface area contributed by atoms with E-state index in [1.165, 1.54) is 5.56 Å². The number of hydrogen-bond donors (Lipinski definition) is 0. The van der Waals surface area contributed by atoms with Gasteiger partial charge in [0.2, 0.25) is 0 Å². The van der Waals surface area contributed by atoms with Crippen LogP contribution in [0.15, 0.2) is 48.5 Å². The molecule has 1 fully saturated rings. The van der Waals surface area contributed by atoms with Gasteiger partial charge in [-0.25, -0.2) is 0 Å². The number of nitrogens with zero attached hydrogens (tertiary/aromatic N) is 1. The standard InChI is InChI=1S/C19H23NO5S/c1-23-17-7-3-15(4-8-17)13-20-11-12-24-19(14-20)16-5-9-18(10-6-16)25-26(2,21)22/h3-10,19H,11-14H2,1-2H3/t19-/m1/s1. The summed E-state index contributed by atoms with van der Waals surface area (Å²) in [7, 11) is -1.85. The highest BCUT2D eigenvalue weighted by molar-refractivity contribution is 7.86. The molecule has 3 rings (SSSR count). The lowest BCUT2D eigenvalue weighted by molar-refractivity contribution is -0.0329. The van der Waals surface area contributed by atoms with Crippen LogP contribution in [0, 0.1) is 0 Å². The fourth-order valence-corrected chi connectivity index (χ4v) is 3.41. The van der Waals surface area contributed by atoms with Crippen molar-refractivity contribution >= 4 is 10.1 Å². The molecule has 0 saturated carbocycles. The van der Waals surface area contributed by atoms with E-state index in [2.05, 4.69) is 17.0 Å². The van der Waals surface area contributed by atoms with Crippen LogP contribution >= 0.6 is 0 Å². The van der Waals surface area contributed by atoms with Crippen LogP contribution in [-0.2, 0) is 21.4 Å². The van der Waals surface area contributed by atoms with E-state index >= 15 is 0 Å². The summed E-state index contributed by atoms with van der Waals surface area (Å²) in [5, 5.41) is 0. The third-order valence-electron chi connectivity index (χ3n) is 4.22.